The summed E-state index contributed by atoms with van der Waals surface area (Å²) in [5.41, 5.74) is 6.05. The van der Waals surface area contributed by atoms with Crippen LogP contribution in [-0.2, 0) is 53.0 Å². The van der Waals surface area contributed by atoms with Crippen LogP contribution in [0.25, 0.3) is 0 Å². The number of aliphatic hydroxyl groups excluding tert-OH is 3. The zero-order valence-corrected chi connectivity index (χ0v) is 38.0. The van der Waals surface area contributed by atoms with Crippen molar-refractivity contribution in [3.05, 3.63) is 179 Å². The van der Waals surface area contributed by atoms with Crippen LogP contribution >= 0.6 is 15.9 Å². The lowest BCUT2D eigenvalue weighted by molar-refractivity contribution is -0.212. The van der Waals surface area contributed by atoms with E-state index in [0.29, 0.717) is 64.7 Å². The van der Waals surface area contributed by atoms with Gasteiger partial charge in [-0.3, -0.25) is 0 Å². The van der Waals surface area contributed by atoms with E-state index in [4.69, 9.17) is 43.4 Å². The highest BCUT2D eigenvalue weighted by Gasteiger charge is 2.23. The second-order valence-corrected chi connectivity index (χ2v) is 15.6. The van der Waals surface area contributed by atoms with E-state index < -0.39 is 6.10 Å². The third-order valence-electron chi connectivity index (χ3n) is 9.90. The van der Waals surface area contributed by atoms with Crippen LogP contribution < -0.4 is 0 Å². The van der Waals surface area contributed by atoms with E-state index in [0.717, 1.165) is 48.7 Å². The molecule has 5 aromatic rings. The molecule has 0 aromatic heterocycles. The molecule has 2 fully saturated rings. The van der Waals surface area contributed by atoms with E-state index in [1.165, 1.54) is 16.7 Å². The van der Waals surface area contributed by atoms with Crippen molar-refractivity contribution in [2.24, 2.45) is 5.92 Å². The number of halogens is 1. The minimum Gasteiger partial charge on any atom is -0.394 e. The largest absolute Gasteiger partial charge is 0.394 e. The van der Waals surface area contributed by atoms with E-state index in [-0.39, 0.29) is 25.6 Å². The lowest BCUT2D eigenvalue weighted by Gasteiger charge is -2.29. The molecule has 7 rings (SSSR count). The summed E-state index contributed by atoms with van der Waals surface area (Å²) >= 11 is 3.30. The molecule has 0 amide bonds. The number of carbonyl (C=O) groups excluding carboxylic acids is 1. The molecule has 1 aliphatic heterocycles. The minimum atomic E-state index is -0.500. The number of ether oxygens (including phenoxy) is 6. The molecule has 0 unspecified atom stereocenters. The van der Waals surface area contributed by atoms with Crippen LogP contribution in [-0.4, -0.2) is 92.5 Å². The number of hydrogen-bond acceptors (Lipinski definition) is 10. The monoisotopic (exact) mass is 930 g/mol. The Morgan fingerprint density at radius 3 is 1.41 bits per heavy atom. The molecule has 1 saturated heterocycles. The SMILES string of the molecule is BrCCOCc1ccccc1.C=O.OC1CCC(c2ccccc2)CC1.OCC(CO)OCCOCc1ccccc1.c1ccc(COCC2COC(c3ccccc3)OC2)cc1. The highest BCUT2D eigenvalue weighted by molar-refractivity contribution is 9.09. The van der Waals surface area contributed by atoms with Gasteiger partial charge in [0, 0.05) is 16.8 Å². The molecule has 342 valence electrons. The molecule has 0 atom stereocenters. The van der Waals surface area contributed by atoms with Crippen molar-refractivity contribution in [3.63, 3.8) is 0 Å². The number of carbonyl (C=O) groups is 1. The Balaban J connectivity index is 0.000000227. The third-order valence-corrected chi connectivity index (χ3v) is 10.2. The summed E-state index contributed by atoms with van der Waals surface area (Å²) in [6, 6.07) is 50.9. The maximum absolute atomic E-state index is 9.37. The van der Waals surface area contributed by atoms with Crippen LogP contribution in [0.2, 0.25) is 0 Å². The molecule has 5 aromatic carbocycles. The lowest BCUT2D eigenvalue weighted by atomic mass is 9.83. The molecule has 11 heteroatoms. The Labute approximate surface area is 383 Å². The predicted octanol–water partition coefficient (Wildman–Crippen LogP) is 9.26. The first-order chi connectivity index (χ1) is 31.1. The molecule has 10 nitrogen and oxygen atoms in total. The quantitative estimate of drug-likeness (QED) is 0.0577. The summed E-state index contributed by atoms with van der Waals surface area (Å²) in [6.45, 7) is 7.17. The number of aliphatic hydroxyl groups is 3. The Kier molecular flexibility index (Phi) is 29.8. The zero-order chi connectivity index (χ0) is 45.0. The summed E-state index contributed by atoms with van der Waals surface area (Å²) in [4.78, 5) is 8.00. The summed E-state index contributed by atoms with van der Waals surface area (Å²) < 4.78 is 33.1. The van der Waals surface area contributed by atoms with Gasteiger partial charge in [-0.25, -0.2) is 0 Å². The number of rotatable bonds is 18. The normalized spacial score (nSPS) is 17.9. The van der Waals surface area contributed by atoms with Gasteiger partial charge in [-0.1, -0.05) is 168 Å². The number of hydrogen-bond donors (Lipinski definition) is 3. The third kappa shape index (κ3) is 24.0. The molecule has 0 spiro atoms. The molecule has 1 aliphatic carbocycles. The van der Waals surface area contributed by atoms with Crippen molar-refractivity contribution in [3.8, 4) is 0 Å². The molecule has 3 N–H and O–H groups in total. The van der Waals surface area contributed by atoms with Crippen LogP contribution in [0.1, 0.15) is 65.7 Å². The van der Waals surface area contributed by atoms with E-state index in [1.54, 1.807) is 0 Å². The maximum atomic E-state index is 9.37. The van der Waals surface area contributed by atoms with Gasteiger partial charge in [-0.2, -0.15) is 0 Å². The van der Waals surface area contributed by atoms with Crippen molar-refractivity contribution < 1.29 is 48.5 Å². The van der Waals surface area contributed by atoms with Gasteiger partial charge < -0.3 is 48.5 Å². The van der Waals surface area contributed by atoms with Crippen LogP contribution in [0, 0.1) is 5.92 Å². The first-order valence-corrected chi connectivity index (χ1v) is 22.7. The first kappa shape index (κ1) is 53.2. The number of alkyl halides is 1. The van der Waals surface area contributed by atoms with Crippen LogP contribution in [0.15, 0.2) is 152 Å². The van der Waals surface area contributed by atoms with Gasteiger partial charge in [0.15, 0.2) is 6.29 Å². The molecular formula is C52H67BrO10. The predicted molar refractivity (Wildman–Crippen MR) is 251 cm³/mol. The van der Waals surface area contributed by atoms with Gasteiger partial charge in [0.25, 0.3) is 0 Å². The smallest absolute Gasteiger partial charge is 0.183 e. The van der Waals surface area contributed by atoms with Crippen molar-refractivity contribution >= 4 is 22.7 Å². The van der Waals surface area contributed by atoms with Crippen molar-refractivity contribution in [2.75, 3.05) is 58.2 Å². The van der Waals surface area contributed by atoms with Crippen LogP contribution in [0.3, 0.4) is 0 Å². The molecule has 0 radical (unpaired) electrons. The Morgan fingerprint density at radius 1 is 0.556 bits per heavy atom. The fourth-order valence-electron chi connectivity index (χ4n) is 6.51. The van der Waals surface area contributed by atoms with E-state index in [9.17, 15) is 5.11 Å². The topological polar surface area (TPSA) is 133 Å². The van der Waals surface area contributed by atoms with Crippen LogP contribution in [0.5, 0.6) is 0 Å². The average Bonchev–Trinajstić information content (AvgIpc) is 3.36. The summed E-state index contributed by atoms with van der Waals surface area (Å²) in [5, 5.41) is 27.7. The van der Waals surface area contributed by atoms with E-state index in [1.807, 2.05) is 104 Å². The van der Waals surface area contributed by atoms with Gasteiger partial charge in [0.2, 0.25) is 0 Å². The van der Waals surface area contributed by atoms with E-state index >= 15 is 0 Å². The fraction of sp³-hybridized carbons (Fsp3) is 0.404. The second kappa shape index (κ2) is 35.3. The van der Waals surface area contributed by atoms with Gasteiger partial charge >= 0.3 is 0 Å². The molecule has 0 bridgehead atoms. The Morgan fingerprint density at radius 2 is 0.968 bits per heavy atom. The Hall–Kier alpha value is -4.11. The van der Waals surface area contributed by atoms with Gasteiger partial charge in [0.05, 0.1) is 78.8 Å². The standard InChI is InChI=1S/C18H20O3.C12H18O4.C12H16O.C9H11BrO.CH2O/c1-3-7-15(8-4-1)11-19-12-16-13-20-18(21-14-16)17-9-5-2-6-10-17;13-8-12(9-14)16-7-6-15-10-11-4-2-1-3-5-11;13-12-8-6-11(7-9-12)10-4-2-1-3-5-10;10-6-7-11-8-9-4-2-1-3-5-9;1-2/h1-10,16,18H,11-14H2;1-5,12-14H,6-10H2;1-5,11-13H,6-9H2;1-5H,6-8H2;1H2. The van der Waals surface area contributed by atoms with Gasteiger partial charge in [-0.05, 0) is 53.9 Å². The second-order valence-electron chi connectivity index (χ2n) is 14.8. The van der Waals surface area contributed by atoms with E-state index in [2.05, 4.69) is 70.5 Å². The molecule has 63 heavy (non-hydrogen) atoms. The van der Waals surface area contributed by atoms with Crippen molar-refractivity contribution in [1.82, 2.24) is 0 Å². The number of benzene rings is 5. The van der Waals surface area contributed by atoms with Crippen LogP contribution in [0.4, 0.5) is 0 Å². The minimum absolute atomic E-state index is 0.0417. The maximum Gasteiger partial charge on any atom is 0.183 e. The van der Waals surface area contributed by atoms with Gasteiger partial charge in [-0.15, -0.1) is 0 Å². The van der Waals surface area contributed by atoms with Crippen molar-refractivity contribution in [2.45, 2.75) is 69.9 Å². The molecular weight excluding hydrogens is 864 g/mol. The molecule has 1 saturated carbocycles. The van der Waals surface area contributed by atoms with Gasteiger partial charge in [0.1, 0.15) is 12.9 Å². The fourth-order valence-corrected chi connectivity index (χ4v) is 6.74. The molecule has 1 heterocycles. The molecule has 2 aliphatic rings. The summed E-state index contributed by atoms with van der Waals surface area (Å²) in [7, 11) is 0. The highest BCUT2D eigenvalue weighted by atomic mass is 79.9. The van der Waals surface area contributed by atoms with Crippen molar-refractivity contribution in [1.29, 1.82) is 0 Å². The summed E-state index contributed by atoms with van der Waals surface area (Å²) in [6.07, 6.45) is 3.45. The first-order valence-electron chi connectivity index (χ1n) is 21.6. The zero-order valence-electron chi connectivity index (χ0n) is 36.4. The Bertz CT molecular complexity index is 1740. The highest BCUT2D eigenvalue weighted by Crippen LogP contribution is 2.32. The summed E-state index contributed by atoms with van der Waals surface area (Å²) in [5.74, 6) is 0.985. The lowest BCUT2D eigenvalue weighted by Crippen LogP contribution is -2.30. The average molecular weight is 932 g/mol.